The highest BCUT2D eigenvalue weighted by molar-refractivity contribution is 5.98. The molecule has 41 heavy (non-hydrogen) atoms. The first-order valence-corrected chi connectivity index (χ1v) is 14.4. The van der Waals surface area contributed by atoms with Gasteiger partial charge in [0.15, 0.2) is 0 Å². The van der Waals surface area contributed by atoms with E-state index >= 15 is 0 Å². The van der Waals surface area contributed by atoms with Gasteiger partial charge in [-0.25, -0.2) is 4.39 Å². The summed E-state index contributed by atoms with van der Waals surface area (Å²) in [5, 5.41) is 9.86. The Morgan fingerprint density at radius 1 is 1.20 bits per heavy atom. The third-order valence-electron chi connectivity index (χ3n) is 8.05. The summed E-state index contributed by atoms with van der Waals surface area (Å²) in [5.74, 6) is -1.40. The van der Waals surface area contributed by atoms with Crippen LogP contribution in [0.5, 0.6) is 0 Å². The third kappa shape index (κ3) is 7.31. The van der Waals surface area contributed by atoms with Crippen molar-refractivity contribution in [1.82, 2.24) is 25.6 Å². The SMILES string of the molecule is Cc1noc(C)c1CCC(=O)N1CC(=O)NCCCc2ccc(F)c(c2)C(=O)N2CCC[C@H]2C(=O)N[C@H](C(C)C)C1. The molecule has 0 radical (unpaired) electrons. The average Bonchev–Trinajstić information content (AvgIpc) is 3.55. The number of carbonyl (C=O) groups is 4. The van der Waals surface area contributed by atoms with Crippen LogP contribution < -0.4 is 10.6 Å². The molecule has 3 heterocycles. The Labute approximate surface area is 240 Å². The first kappa shape index (κ1) is 30.2. The number of benzene rings is 1. The van der Waals surface area contributed by atoms with E-state index in [4.69, 9.17) is 4.52 Å². The number of amides is 4. The molecule has 10 nitrogen and oxygen atoms in total. The zero-order valence-corrected chi connectivity index (χ0v) is 24.3. The maximum atomic E-state index is 14.7. The molecular weight excluding hydrogens is 529 g/mol. The number of carbonyl (C=O) groups excluding carboxylic acids is 4. The molecule has 0 saturated carbocycles. The van der Waals surface area contributed by atoms with Crippen molar-refractivity contribution in [3.63, 3.8) is 0 Å². The highest BCUT2D eigenvalue weighted by Gasteiger charge is 2.37. The molecule has 2 aliphatic rings. The van der Waals surface area contributed by atoms with Crippen LogP contribution in [0.1, 0.15) is 72.5 Å². The van der Waals surface area contributed by atoms with Crippen LogP contribution in [0.15, 0.2) is 22.7 Å². The topological polar surface area (TPSA) is 125 Å². The van der Waals surface area contributed by atoms with Gasteiger partial charge in [0.1, 0.15) is 17.6 Å². The van der Waals surface area contributed by atoms with Crippen LogP contribution >= 0.6 is 0 Å². The maximum absolute atomic E-state index is 14.7. The quantitative estimate of drug-likeness (QED) is 0.584. The van der Waals surface area contributed by atoms with Crippen molar-refractivity contribution in [2.24, 2.45) is 5.92 Å². The molecule has 0 unspecified atom stereocenters. The monoisotopic (exact) mass is 569 g/mol. The van der Waals surface area contributed by atoms with E-state index in [2.05, 4.69) is 15.8 Å². The molecule has 2 atom stereocenters. The first-order chi connectivity index (χ1) is 19.5. The molecule has 1 saturated heterocycles. The number of fused-ring (bicyclic) bond motifs is 3. The van der Waals surface area contributed by atoms with Gasteiger partial charge in [-0.2, -0.15) is 0 Å². The minimum absolute atomic E-state index is 0.0500. The smallest absolute Gasteiger partial charge is 0.257 e. The van der Waals surface area contributed by atoms with Gasteiger partial charge in [0.05, 0.1) is 17.8 Å². The lowest BCUT2D eigenvalue weighted by Crippen LogP contribution is -2.54. The van der Waals surface area contributed by atoms with Gasteiger partial charge in [-0.15, -0.1) is 0 Å². The van der Waals surface area contributed by atoms with Gasteiger partial charge < -0.3 is 25.0 Å². The van der Waals surface area contributed by atoms with Crippen LogP contribution in [0.25, 0.3) is 0 Å². The van der Waals surface area contributed by atoms with Crippen molar-refractivity contribution in [2.45, 2.75) is 78.3 Å². The Balaban J connectivity index is 1.58. The Bertz CT molecular complexity index is 1270. The lowest BCUT2D eigenvalue weighted by Gasteiger charge is -2.32. The van der Waals surface area contributed by atoms with E-state index in [-0.39, 0.29) is 48.7 Å². The van der Waals surface area contributed by atoms with Crippen LogP contribution in [0, 0.1) is 25.6 Å². The van der Waals surface area contributed by atoms with Gasteiger partial charge >= 0.3 is 0 Å². The zero-order chi connectivity index (χ0) is 29.7. The van der Waals surface area contributed by atoms with Gasteiger partial charge in [0.2, 0.25) is 17.7 Å². The number of aromatic nitrogens is 1. The van der Waals surface area contributed by atoms with E-state index in [9.17, 15) is 23.6 Å². The lowest BCUT2D eigenvalue weighted by atomic mass is 10.0. The highest BCUT2D eigenvalue weighted by Crippen LogP contribution is 2.24. The lowest BCUT2D eigenvalue weighted by molar-refractivity contribution is -0.137. The Hall–Kier alpha value is -3.76. The molecule has 2 bridgehead atoms. The van der Waals surface area contributed by atoms with Crippen molar-refractivity contribution in [1.29, 1.82) is 0 Å². The molecule has 0 aliphatic carbocycles. The number of rotatable bonds is 4. The molecule has 222 valence electrons. The van der Waals surface area contributed by atoms with Crippen LogP contribution in [0.2, 0.25) is 0 Å². The van der Waals surface area contributed by atoms with Crippen LogP contribution in [0.4, 0.5) is 4.39 Å². The molecule has 1 fully saturated rings. The molecule has 4 rings (SSSR count). The number of hydrogen-bond donors (Lipinski definition) is 2. The summed E-state index contributed by atoms with van der Waals surface area (Å²) in [7, 11) is 0. The Morgan fingerprint density at radius 2 is 1.98 bits per heavy atom. The van der Waals surface area contributed by atoms with E-state index in [0.29, 0.717) is 51.0 Å². The van der Waals surface area contributed by atoms with E-state index in [0.717, 1.165) is 16.8 Å². The van der Waals surface area contributed by atoms with Crippen molar-refractivity contribution in [3.05, 3.63) is 52.2 Å². The molecule has 11 heteroatoms. The maximum Gasteiger partial charge on any atom is 0.257 e. The van der Waals surface area contributed by atoms with Crippen LogP contribution in [-0.2, 0) is 27.2 Å². The Kier molecular flexibility index (Phi) is 9.77. The van der Waals surface area contributed by atoms with Crippen LogP contribution in [-0.4, -0.2) is 76.8 Å². The van der Waals surface area contributed by atoms with Crippen molar-refractivity contribution < 1.29 is 28.1 Å². The normalized spacial score (nSPS) is 21.0. The fourth-order valence-electron chi connectivity index (χ4n) is 5.52. The summed E-state index contributed by atoms with van der Waals surface area (Å²) >= 11 is 0. The predicted molar refractivity (Wildman–Crippen MR) is 149 cm³/mol. The third-order valence-corrected chi connectivity index (χ3v) is 8.05. The second-order valence-electron chi connectivity index (χ2n) is 11.4. The minimum atomic E-state index is -0.741. The standard InChI is InChI=1S/C30H40FN5O5/c1-18(2)25-16-35(28(38)12-10-22-19(3)34-41-20(22)4)17-27(37)32-13-5-7-21-9-11-24(31)23(15-21)30(40)36-14-6-8-26(36)29(39)33-25/h9,11,15,18,25-26H,5-8,10,12-14,16-17H2,1-4H3,(H,32,37)(H,33,39)/t25-,26-/m0/s1. The summed E-state index contributed by atoms with van der Waals surface area (Å²) in [6.45, 7) is 8.19. The minimum Gasteiger partial charge on any atom is -0.361 e. The summed E-state index contributed by atoms with van der Waals surface area (Å²) < 4.78 is 20.0. The Morgan fingerprint density at radius 3 is 2.68 bits per heavy atom. The van der Waals surface area contributed by atoms with E-state index in [1.165, 1.54) is 15.9 Å². The summed E-state index contributed by atoms with van der Waals surface area (Å²) in [4.78, 5) is 56.2. The van der Waals surface area contributed by atoms with Gasteiger partial charge in [0.25, 0.3) is 5.91 Å². The summed E-state index contributed by atoms with van der Waals surface area (Å²) in [6.07, 6.45) is 2.77. The second kappa shape index (κ2) is 13.3. The average molecular weight is 570 g/mol. The predicted octanol–water partition coefficient (Wildman–Crippen LogP) is 2.70. The molecule has 1 aromatic heterocycles. The number of hydrogen-bond acceptors (Lipinski definition) is 6. The molecule has 2 aliphatic heterocycles. The van der Waals surface area contributed by atoms with Gasteiger partial charge in [0, 0.05) is 37.7 Å². The van der Waals surface area contributed by atoms with Crippen molar-refractivity contribution in [2.75, 3.05) is 26.2 Å². The van der Waals surface area contributed by atoms with Gasteiger partial charge in [-0.3, -0.25) is 19.2 Å². The molecular formula is C30H40FN5O5. The number of halogens is 1. The van der Waals surface area contributed by atoms with E-state index in [1.807, 2.05) is 20.8 Å². The van der Waals surface area contributed by atoms with Gasteiger partial charge in [-0.1, -0.05) is 25.1 Å². The van der Waals surface area contributed by atoms with Crippen LogP contribution in [0.3, 0.4) is 0 Å². The molecule has 0 spiro atoms. The molecule has 2 N–H and O–H groups in total. The fraction of sp³-hybridized carbons (Fsp3) is 0.567. The van der Waals surface area contributed by atoms with Crippen molar-refractivity contribution in [3.8, 4) is 0 Å². The summed E-state index contributed by atoms with van der Waals surface area (Å²) in [5.41, 5.74) is 2.31. The molecule has 2 aromatic rings. The highest BCUT2D eigenvalue weighted by atomic mass is 19.1. The van der Waals surface area contributed by atoms with E-state index in [1.54, 1.807) is 19.1 Å². The van der Waals surface area contributed by atoms with Crippen molar-refractivity contribution >= 4 is 23.6 Å². The molecule has 4 amide bonds. The number of nitrogens with one attached hydrogen (secondary N) is 2. The number of nitrogens with zero attached hydrogens (tertiary/aromatic N) is 3. The molecule has 1 aromatic carbocycles. The second-order valence-corrected chi connectivity index (χ2v) is 11.4. The fourth-order valence-corrected chi connectivity index (χ4v) is 5.52. The zero-order valence-electron chi connectivity index (χ0n) is 24.3. The van der Waals surface area contributed by atoms with E-state index < -0.39 is 23.8 Å². The van der Waals surface area contributed by atoms with Gasteiger partial charge in [-0.05, 0) is 69.6 Å². The number of aryl methyl sites for hydroxylation is 3. The first-order valence-electron chi connectivity index (χ1n) is 14.4. The largest absolute Gasteiger partial charge is 0.361 e. The summed E-state index contributed by atoms with van der Waals surface area (Å²) in [6, 6.07) is 3.24.